The highest BCUT2D eigenvalue weighted by molar-refractivity contribution is 5.17. The van der Waals surface area contributed by atoms with Crippen LogP contribution in [0.25, 0.3) is 0 Å². The zero-order valence-corrected chi connectivity index (χ0v) is 12.9. The molecule has 0 amide bonds. The van der Waals surface area contributed by atoms with Gasteiger partial charge in [-0.3, -0.25) is 4.90 Å². The Morgan fingerprint density at radius 1 is 0.810 bits per heavy atom. The summed E-state index contributed by atoms with van der Waals surface area (Å²) in [6.07, 6.45) is -0.794. The van der Waals surface area contributed by atoms with Gasteiger partial charge in [0.15, 0.2) is 0 Å². The Morgan fingerprint density at radius 2 is 1.24 bits per heavy atom. The van der Waals surface area contributed by atoms with Crippen LogP contribution in [0.3, 0.4) is 0 Å². The first-order chi connectivity index (χ1) is 10.1. The zero-order valence-electron chi connectivity index (χ0n) is 12.9. The maximum absolute atomic E-state index is 14.1. The van der Waals surface area contributed by atoms with Crippen LogP contribution < -0.4 is 0 Å². The molecule has 1 unspecified atom stereocenters. The van der Waals surface area contributed by atoms with E-state index in [4.69, 9.17) is 0 Å². The smallest absolute Gasteiger partial charge is 0.115 e. The van der Waals surface area contributed by atoms with Gasteiger partial charge in [0.1, 0.15) is 6.17 Å². The van der Waals surface area contributed by atoms with Gasteiger partial charge in [-0.15, -0.1) is 0 Å². The number of hydrogen-bond donors (Lipinski definition) is 0. The van der Waals surface area contributed by atoms with E-state index in [1.807, 2.05) is 50.2 Å². The second-order valence-corrected chi connectivity index (χ2v) is 5.90. The molecule has 0 saturated carbocycles. The molecule has 0 aliphatic rings. The van der Waals surface area contributed by atoms with E-state index in [0.29, 0.717) is 6.54 Å². The molecule has 2 aromatic rings. The molecule has 0 saturated heterocycles. The first-order valence-corrected chi connectivity index (χ1v) is 7.59. The second kappa shape index (κ2) is 7.94. The van der Waals surface area contributed by atoms with Gasteiger partial charge >= 0.3 is 0 Å². The molecule has 2 rings (SSSR count). The van der Waals surface area contributed by atoms with Crippen molar-refractivity contribution in [1.29, 1.82) is 0 Å². The van der Waals surface area contributed by atoms with Gasteiger partial charge in [-0.25, -0.2) is 4.39 Å². The molecule has 0 bridgehead atoms. The fraction of sp³-hybridized carbons (Fsp3) is 0.368. The van der Waals surface area contributed by atoms with Crippen LogP contribution in [0.5, 0.6) is 0 Å². The van der Waals surface area contributed by atoms with Crippen molar-refractivity contribution in [2.75, 3.05) is 6.54 Å². The van der Waals surface area contributed by atoms with E-state index >= 15 is 0 Å². The molecule has 112 valence electrons. The van der Waals surface area contributed by atoms with Gasteiger partial charge in [0, 0.05) is 19.6 Å². The van der Waals surface area contributed by atoms with Crippen molar-refractivity contribution in [1.82, 2.24) is 4.90 Å². The van der Waals surface area contributed by atoms with E-state index in [2.05, 4.69) is 29.2 Å². The summed E-state index contributed by atoms with van der Waals surface area (Å²) in [5.74, 6) is 0.0547. The van der Waals surface area contributed by atoms with Crippen LogP contribution in [-0.4, -0.2) is 17.6 Å². The van der Waals surface area contributed by atoms with Gasteiger partial charge < -0.3 is 0 Å². The minimum Gasteiger partial charge on any atom is -0.292 e. The lowest BCUT2D eigenvalue weighted by atomic mass is 10.1. The fourth-order valence-corrected chi connectivity index (χ4v) is 2.33. The Bertz CT molecular complexity index is 468. The molecular weight excluding hydrogens is 261 g/mol. The number of alkyl halides is 1. The van der Waals surface area contributed by atoms with Gasteiger partial charge in [-0.1, -0.05) is 74.5 Å². The first-order valence-electron chi connectivity index (χ1n) is 7.59. The highest BCUT2D eigenvalue weighted by atomic mass is 19.1. The molecule has 0 radical (unpaired) electrons. The monoisotopic (exact) mass is 285 g/mol. The molecule has 0 aliphatic heterocycles. The zero-order chi connectivity index (χ0) is 15.1. The predicted octanol–water partition coefficient (Wildman–Crippen LogP) is 4.68. The van der Waals surface area contributed by atoms with Crippen LogP contribution >= 0.6 is 0 Å². The quantitative estimate of drug-likeness (QED) is 0.714. The number of hydrogen-bond acceptors (Lipinski definition) is 1. The van der Waals surface area contributed by atoms with Crippen molar-refractivity contribution < 1.29 is 4.39 Å². The Labute approximate surface area is 127 Å². The molecule has 0 heterocycles. The summed E-state index contributed by atoms with van der Waals surface area (Å²) in [5, 5.41) is 0. The average Bonchev–Trinajstić information content (AvgIpc) is 2.49. The summed E-state index contributed by atoms with van der Waals surface area (Å²) in [5.41, 5.74) is 2.45. The SMILES string of the molecule is CC(C)C(F)CN(Cc1ccccc1)Cc1ccccc1. The summed E-state index contributed by atoms with van der Waals surface area (Å²) >= 11 is 0. The van der Waals surface area contributed by atoms with Crippen molar-refractivity contribution in [2.24, 2.45) is 5.92 Å². The predicted molar refractivity (Wildman–Crippen MR) is 86.7 cm³/mol. The lowest BCUT2D eigenvalue weighted by Crippen LogP contribution is -2.32. The summed E-state index contributed by atoms with van der Waals surface area (Å²) in [7, 11) is 0. The standard InChI is InChI=1S/C19H24FN/c1-16(2)19(20)15-21(13-17-9-5-3-6-10-17)14-18-11-7-4-8-12-18/h3-12,16,19H,13-15H2,1-2H3. The lowest BCUT2D eigenvalue weighted by molar-refractivity contribution is 0.145. The molecule has 1 atom stereocenters. The molecule has 0 aliphatic carbocycles. The van der Waals surface area contributed by atoms with Crippen molar-refractivity contribution in [3.8, 4) is 0 Å². The topological polar surface area (TPSA) is 3.24 Å². The molecular formula is C19H24FN. The van der Waals surface area contributed by atoms with E-state index in [-0.39, 0.29) is 5.92 Å². The number of nitrogens with zero attached hydrogens (tertiary/aromatic N) is 1. The summed E-state index contributed by atoms with van der Waals surface area (Å²) < 4.78 is 14.1. The largest absolute Gasteiger partial charge is 0.292 e. The minimum atomic E-state index is -0.794. The third-order valence-electron chi connectivity index (χ3n) is 3.65. The maximum atomic E-state index is 14.1. The Balaban J connectivity index is 2.06. The second-order valence-electron chi connectivity index (χ2n) is 5.90. The third-order valence-corrected chi connectivity index (χ3v) is 3.65. The van der Waals surface area contributed by atoms with Crippen molar-refractivity contribution in [3.63, 3.8) is 0 Å². The van der Waals surface area contributed by atoms with E-state index in [9.17, 15) is 4.39 Å². The van der Waals surface area contributed by atoms with Crippen molar-refractivity contribution in [3.05, 3.63) is 71.8 Å². The number of rotatable bonds is 7. The van der Waals surface area contributed by atoms with Crippen LogP contribution in [0.4, 0.5) is 4.39 Å². The van der Waals surface area contributed by atoms with Gasteiger partial charge in [0.25, 0.3) is 0 Å². The lowest BCUT2D eigenvalue weighted by Gasteiger charge is -2.26. The average molecular weight is 285 g/mol. The normalized spacial score (nSPS) is 12.8. The molecule has 21 heavy (non-hydrogen) atoms. The van der Waals surface area contributed by atoms with Gasteiger partial charge in [0.05, 0.1) is 0 Å². The number of benzene rings is 2. The molecule has 0 N–H and O–H groups in total. The molecule has 0 aromatic heterocycles. The third kappa shape index (κ3) is 5.31. The van der Waals surface area contributed by atoms with Crippen LogP contribution in [0.15, 0.2) is 60.7 Å². The van der Waals surface area contributed by atoms with Crippen LogP contribution in [-0.2, 0) is 13.1 Å². The Kier molecular flexibility index (Phi) is 5.94. The fourth-order valence-electron chi connectivity index (χ4n) is 2.33. The van der Waals surface area contributed by atoms with Crippen LogP contribution in [0, 0.1) is 5.92 Å². The minimum absolute atomic E-state index is 0.0547. The van der Waals surface area contributed by atoms with E-state index in [1.165, 1.54) is 11.1 Å². The van der Waals surface area contributed by atoms with E-state index in [1.54, 1.807) is 0 Å². The summed E-state index contributed by atoms with van der Waals surface area (Å²) in [6, 6.07) is 20.5. The first kappa shape index (κ1) is 15.7. The molecule has 2 aromatic carbocycles. The summed E-state index contributed by atoms with van der Waals surface area (Å²) in [4.78, 5) is 2.19. The Morgan fingerprint density at radius 3 is 1.62 bits per heavy atom. The summed E-state index contributed by atoms with van der Waals surface area (Å²) in [6.45, 7) is 5.91. The molecule has 2 heteroatoms. The molecule has 1 nitrogen and oxygen atoms in total. The van der Waals surface area contributed by atoms with Gasteiger partial charge in [0.2, 0.25) is 0 Å². The van der Waals surface area contributed by atoms with E-state index < -0.39 is 6.17 Å². The number of halogens is 1. The highest BCUT2D eigenvalue weighted by Gasteiger charge is 2.17. The highest BCUT2D eigenvalue weighted by Crippen LogP contribution is 2.14. The van der Waals surface area contributed by atoms with Gasteiger partial charge in [-0.05, 0) is 17.0 Å². The van der Waals surface area contributed by atoms with Crippen molar-refractivity contribution >= 4 is 0 Å². The van der Waals surface area contributed by atoms with E-state index in [0.717, 1.165) is 13.1 Å². The molecule has 0 fully saturated rings. The Hall–Kier alpha value is -1.67. The van der Waals surface area contributed by atoms with Crippen LogP contribution in [0.1, 0.15) is 25.0 Å². The molecule has 0 spiro atoms. The van der Waals surface area contributed by atoms with Crippen molar-refractivity contribution in [2.45, 2.75) is 33.1 Å². The maximum Gasteiger partial charge on any atom is 0.115 e. The van der Waals surface area contributed by atoms with Gasteiger partial charge in [-0.2, -0.15) is 0 Å². The van der Waals surface area contributed by atoms with Crippen LogP contribution in [0.2, 0.25) is 0 Å².